The first kappa shape index (κ1) is 44.0. The molecule has 1 heterocycles. The molecular weight excluding hydrogens is 598 g/mol. The SMILES string of the molecule is CCCCCCCCCCCCCC=CC(O)C(CO[C@@H]1O[C@H](CO)[C@H](O)[C@H](O)[C@H]1O)NC(=O)CCCCCCCCCCCCC. The number of ether oxygens (including phenoxy) is 2. The third kappa shape index (κ3) is 21.6. The number of carbonyl (C=O) groups is 1. The van der Waals surface area contributed by atoms with Crippen LogP contribution in [0.4, 0.5) is 0 Å². The summed E-state index contributed by atoms with van der Waals surface area (Å²) in [4.78, 5) is 12.8. The smallest absolute Gasteiger partial charge is 0.220 e. The number of unbranched alkanes of at least 4 members (excludes halogenated alkanes) is 21. The van der Waals surface area contributed by atoms with E-state index in [1.807, 2.05) is 6.08 Å². The molecule has 0 aliphatic carbocycles. The van der Waals surface area contributed by atoms with E-state index in [9.17, 15) is 30.3 Å². The largest absolute Gasteiger partial charge is 0.394 e. The Labute approximate surface area is 286 Å². The number of aliphatic hydroxyl groups is 5. The summed E-state index contributed by atoms with van der Waals surface area (Å²) < 4.78 is 11.1. The molecule has 0 aromatic carbocycles. The second-order valence-electron chi connectivity index (χ2n) is 13.7. The summed E-state index contributed by atoms with van der Waals surface area (Å²) in [5.41, 5.74) is 0. The standard InChI is InChI=1S/C38H73NO8/c1-3-5-7-9-11-13-15-16-18-19-21-23-25-27-32(41)31(30-46-38-37(45)36(44)35(43)33(29-40)47-38)39-34(42)28-26-24-22-20-17-14-12-10-8-6-4-2/h25,27,31-33,35-38,40-41,43-45H,3-24,26,28-30H2,1-2H3,(H,39,42)/t31?,32?,33-,35+,36+,37-,38-/m1/s1. The van der Waals surface area contributed by atoms with Gasteiger partial charge in [-0.1, -0.05) is 154 Å². The summed E-state index contributed by atoms with van der Waals surface area (Å²) in [6.45, 7) is 3.74. The minimum absolute atomic E-state index is 0.179. The van der Waals surface area contributed by atoms with Gasteiger partial charge in [-0.05, 0) is 19.3 Å². The van der Waals surface area contributed by atoms with Crippen LogP contribution in [0.3, 0.4) is 0 Å². The number of rotatable bonds is 31. The fraction of sp³-hybridized carbons (Fsp3) is 0.921. The maximum atomic E-state index is 12.8. The van der Waals surface area contributed by atoms with Gasteiger partial charge in [-0.15, -0.1) is 0 Å². The van der Waals surface area contributed by atoms with Crippen molar-refractivity contribution >= 4 is 5.91 Å². The molecule has 1 aliphatic heterocycles. The Kier molecular flexibility index (Phi) is 27.9. The minimum atomic E-state index is -1.56. The van der Waals surface area contributed by atoms with Crippen LogP contribution in [0.5, 0.6) is 0 Å². The van der Waals surface area contributed by atoms with Gasteiger partial charge in [-0.25, -0.2) is 0 Å². The van der Waals surface area contributed by atoms with E-state index in [1.165, 1.54) is 109 Å². The minimum Gasteiger partial charge on any atom is -0.394 e. The number of hydrogen-bond donors (Lipinski definition) is 6. The molecule has 6 N–H and O–H groups in total. The van der Waals surface area contributed by atoms with Crippen LogP contribution in [0.25, 0.3) is 0 Å². The van der Waals surface area contributed by atoms with E-state index in [0.717, 1.165) is 38.5 Å². The van der Waals surface area contributed by atoms with Crippen molar-refractivity contribution in [3.63, 3.8) is 0 Å². The molecule has 1 rings (SSSR count). The van der Waals surface area contributed by atoms with Crippen LogP contribution in [0.15, 0.2) is 12.2 Å². The Morgan fingerprint density at radius 2 is 1.17 bits per heavy atom. The molecule has 0 bridgehead atoms. The van der Waals surface area contributed by atoms with Crippen LogP contribution < -0.4 is 5.32 Å². The zero-order valence-electron chi connectivity index (χ0n) is 30.0. The first-order valence-electron chi connectivity index (χ1n) is 19.4. The van der Waals surface area contributed by atoms with Crippen molar-refractivity contribution in [2.24, 2.45) is 0 Å². The summed E-state index contributed by atoms with van der Waals surface area (Å²) in [6, 6.07) is -0.795. The van der Waals surface area contributed by atoms with Crippen molar-refractivity contribution in [1.29, 1.82) is 0 Å². The number of carbonyl (C=O) groups excluding carboxylic acids is 1. The van der Waals surface area contributed by atoms with Gasteiger partial charge in [0.2, 0.25) is 5.91 Å². The molecule has 0 aromatic heterocycles. The first-order valence-corrected chi connectivity index (χ1v) is 19.4. The second-order valence-corrected chi connectivity index (χ2v) is 13.7. The Morgan fingerprint density at radius 1 is 0.702 bits per heavy atom. The van der Waals surface area contributed by atoms with E-state index < -0.39 is 49.5 Å². The van der Waals surface area contributed by atoms with Gasteiger partial charge in [0.1, 0.15) is 24.4 Å². The number of nitrogens with one attached hydrogen (secondary N) is 1. The summed E-state index contributed by atoms with van der Waals surface area (Å²) in [7, 11) is 0. The number of aliphatic hydroxyl groups excluding tert-OH is 5. The summed E-state index contributed by atoms with van der Waals surface area (Å²) in [5, 5.41) is 53.8. The quantitative estimate of drug-likeness (QED) is 0.0357. The van der Waals surface area contributed by atoms with Gasteiger partial charge in [0, 0.05) is 6.42 Å². The predicted octanol–water partition coefficient (Wildman–Crippen LogP) is 6.61. The van der Waals surface area contributed by atoms with Crippen molar-refractivity contribution in [1.82, 2.24) is 5.32 Å². The predicted molar refractivity (Wildman–Crippen MR) is 189 cm³/mol. The number of hydrogen-bond acceptors (Lipinski definition) is 8. The van der Waals surface area contributed by atoms with E-state index in [0.29, 0.717) is 6.42 Å². The summed E-state index contributed by atoms with van der Waals surface area (Å²) >= 11 is 0. The number of amides is 1. The molecule has 7 atom stereocenters. The van der Waals surface area contributed by atoms with Gasteiger partial charge in [0.05, 0.1) is 25.4 Å². The zero-order chi connectivity index (χ0) is 34.5. The molecule has 278 valence electrons. The molecule has 1 amide bonds. The lowest BCUT2D eigenvalue weighted by Crippen LogP contribution is -2.60. The van der Waals surface area contributed by atoms with Gasteiger partial charge in [0.15, 0.2) is 6.29 Å². The molecule has 0 radical (unpaired) electrons. The Morgan fingerprint density at radius 3 is 1.66 bits per heavy atom. The van der Waals surface area contributed by atoms with Gasteiger partial charge in [0.25, 0.3) is 0 Å². The van der Waals surface area contributed by atoms with Gasteiger partial charge in [-0.3, -0.25) is 4.79 Å². The Hall–Kier alpha value is -1.07. The Balaban J connectivity index is 2.46. The van der Waals surface area contributed by atoms with E-state index in [-0.39, 0.29) is 12.5 Å². The molecule has 1 fully saturated rings. The van der Waals surface area contributed by atoms with Crippen molar-refractivity contribution in [3.05, 3.63) is 12.2 Å². The van der Waals surface area contributed by atoms with Crippen LogP contribution in [-0.4, -0.2) is 87.5 Å². The lowest BCUT2D eigenvalue weighted by Gasteiger charge is -2.40. The highest BCUT2D eigenvalue weighted by Gasteiger charge is 2.44. The van der Waals surface area contributed by atoms with Gasteiger partial charge in [-0.2, -0.15) is 0 Å². The first-order chi connectivity index (χ1) is 22.8. The molecular formula is C38H73NO8. The lowest BCUT2D eigenvalue weighted by atomic mass is 9.99. The zero-order valence-corrected chi connectivity index (χ0v) is 30.0. The monoisotopic (exact) mass is 672 g/mol. The third-order valence-electron chi connectivity index (χ3n) is 9.36. The summed E-state index contributed by atoms with van der Waals surface area (Å²) in [6.07, 6.45) is 23.9. The summed E-state index contributed by atoms with van der Waals surface area (Å²) in [5.74, 6) is -0.179. The van der Waals surface area contributed by atoms with Crippen molar-refractivity contribution < 1.29 is 39.8 Å². The van der Waals surface area contributed by atoms with E-state index in [2.05, 4.69) is 19.2 Å². The fourth-order valence-corrected chi connectivity index (χ4v) is 6.15. The molecule has 1 saturated heterocycles. The van der Waals surface area contributed by atoms with Crippen LogP contribution in [0.2, 0.25) is 0 Å². The van der Waals surface area contributed by atoms with Crippen molar-refractivity contribution in [2.75, 3.05) is 13.2 Å². The highest BCUT2D eigenvalue weighted by atomic mass is 16.7. The molecule has 9 nitrogen and oxygen atoms in total. The number of allylic oxidation sites excluding steroid dienone is 1. The molecule has 0 spiro atoms. The Bertz CT molecular complexity index is 751. The molecule has 1 aliphatic rings. The lowest BCUT2D eigenvalue weighted by molar-refractivity contribution is -0.302. The maximum Gasteiger partial charge on any atom is 0.220 e. The normalized spacial score (nSPS) is 22.9. The molecule has 9 heteroatoms. The van der Waals surface area contributed by atoms with Crippen LogP contribution in [-0.2, 0) is 14.3 Å². The topological polar surface area (TPSA) is 149 Å². The molecule has 47 heavy (non-hydrogen) atoms. The van der Waals surface area contributed by atoms with Crippen molar-refractivity contribution in [2.45, 2.75) is 211 Å². The van der Waals surface area contributed by atoms with Gasteiger partial charge >= 0.3 is 0 Å². The average molecular weight is 672 g/mol. The highest BCUT2D eigenvalue weighted by Crippen LogP contribution is 2.22. The highest BCUT2D eigenvalue weighted by molar-refractivity contribution is 5.76. The third-order valence-corrected chi connectivity index (χ3v) is 9.36. The maximum absolute atomic E-state index is 12.8. The second kappa shape index (κ2) is 29.8. The molecule has 2 unspecified atom stereocenters. The van der Waals surface area contributed by atoms with E-state index in [4.69, 9.17) is 9.47 Å². The average Bonchev–Trinajstić information content (AvgIpc) is 3.07. The molecule has 0 saturated carbocycles. The molecule has 0 aromatic rings. The van der Waals surface area contributed by atoms with Crippen molar-refractivity contribution in [3.8, 4) is 0 Å². The van der Waals surface area contributed by atoms with Crippen LogP contribution in [0, 0.1) is 0 Å². The van der Waals surface area contributed by atoms with Crippen LogP contribution >= 0.6 is 0 Å². The fourth-order valence-electron chi connectivity index (χ4n) is 6.15. The van der Waals surface area contributed by atoms with E-state index >= 15 is 0 Å². The van der Waals surface area contributed by atoms with E-state index in [1.54, 1.807) is 6.08 Å². The van der Waals surface area contributed by atoms with Crippen LogP contribution in [0.1, 0.15) is 168 Å². The van der Waals surface area contributed by atoms with Gasteiger partial charge < -0.3 is 40.3 Å².